The number of hydrogen-bond acceptors (Lipinski definition) is 4. The largest absolute Gasteiger partial charge is 0.356 e. The maximum atomic E-state index is 11.9. The number of guanidine groups is 1. The van der Waals surface area contributed by atoms with Crippen molar-refractivity contribution in [3.63, 3.8) is 0 Å². The molecule has 1 saturated heterocycles. The number of rotatable bonds is 9. The highest BCUT2D eigenvalue weighted by atomic mass is 32.1. The van der Waals surface area contributed by atoms with Crippen LogP contribution >= 0.6 is 11.3 Å². The van der Waals surface area contributed by atoms with Crippen LogP contribution in [-0.4, -0.2) is 74.5 Å². The normalized spacial score (nSPS) is 18.1. The highest BCUT2D eigenvalue weighted by Gasteiger charge is 2.24. The van der Waals surface area contributed by atoms with Gasteiger partial charge < -0.3 is 15.5 Å². The molecule has 1 aliphatic heterocycles. The first-order valence-electron chi connectivity index (χ1n) is 9.94. The van der Waals surface area contributed by atoms with E-state index < -0.39 is 0 Å². The Kier molecular flexibility index (Phi) is 9.07. The Morgan fingerprint density at radius 2 is 2.22 bits per heavy atom. The Hall–Kier alpha value is -1.60. The van der Waals surface area contributed by atoms with E-state index in [-0.39, 0.29) is 12.5 Å². The lowest BCUT2D eigenvalue weighted by Crippen LogP contribution is -2.46. The van der Waals surface area contributed by atoms with Gasteiger partial charge in [-0.05, 0) is 43.2 Å². The molecule has 0 unspecified atom stereocenters. The molecule has 1 aliphatic rings. The van der Waals surface area contributed by atoms with Gasteiger partial charge in [-0.15, -0.1) is 11.3 Å². The van der Waals surface area contributed by atoms with Crippen molar-refractivity contribution >= 4 is 23.2 Å². The highest BCUT2D eigenvalue weighted by molar-refractivity contribution is 7.09. The lowest BCUT2D eigenvalue weighted by atomic mass is 10.1. The van der Waals surface area contributed by atoms with Crippen molar-refractivity contribution in [1.29, 1.82) is 0 Å². The molecule has 7 heteroatoms. The van der Waals surface area contributed by atoms with Gasteiger partial charge in [-0.25, -0.2) is 4.99 Å². The van der Waals surface area contributed by atoms with Crippen LogP contribution in [0.15, 0.2) is 22.5 Å². The summed E-state index contributed by atoms with van der Waals surface area (Å²) in [6.07, 6.45) is 3.44. The van der Waals surface area contributed by atoms with Gasteiger partial charge >= 0.3 is 0 Å². The van der Waals surface area contributed by atoms with Gasteiger partial charge in [0, 0.05) is 44.6 Å². The zero-order valence-corrected chi connectivity index (χ0v) is 18.0. The molecule has 2 N–H and O–H groups in total. The first kappa shape index (κ1) is 21.7. The molecule has 27 heavy (non-hydrogen) atoms. The fourth-order valence-electron chi connectivity index (χ4n) is 3.27. The minimum absolute atomic E-state index is 0.0108. The van der Waals surface area contributed by atoms with E-state index in [9.17, 15) is 4.79 Å². The van der Waals surface area contributed by atoms with E-state index in [0.29, 0.717) is 12.0 Å². The first-order valence-corrected chi connectivity index (χ1v) is 10.8. The minimum Gasteiger partial charge on any atom is -0.356 e. The Balaban J connectivity index is 1.87. The SMILES string of the molecule is CC(C)CN1CCC[C@@H]1CNC(=NCC(=O)N(C)C)NCCc1cccs1. The van der Waals surface area contributed by atoms with Crippen molar-refractivity contribution in [3.05, 3.63) is 22.4 Å². The van der Waals surface area contributed by atoms with E-state index in [1.807, 2.05) is 0 Å². The summed E-state index contributed by atoms with van der Waals surface area (Å²) in [5.74, 6) is 1.43. The fraction of sp³-hybridized carbons (Fsp3) is 0.700. The lowest BCUT2D eigenvalue weighted by molar-refractivity contribution is -0.127. The van der Waals surface area contributed by atoms with Crippen molar-refractivity contribution in [2.75, 3.05) is 46.8 Å². The van der Waals surface area contributed by atoms with Gasteiger partial charge in [0.05, 0.1) is 0 Å². The molecule has 0 aliphatic carbocycles. The molecule has 2 heterocycles. The van der Waals surface area contributed by atoms with Crippen LogP contribution in [0.1, 0.15) is 31.6 Å². The van der Waals surface area contributed by atoms with Crippen LogP contribution in [0, 0.1) is 5.92 Å². The second kappa shape index (κ2) is 11.3. The van der Waals surface area contributed by atoms with Crippen LogP contribution < -0.4 is 10.6 Å². The Bertz CT molecular complexity index is 585. The summed E-state index contributed by atoms with van der Waals surface area (Å²) >= 11 is 1.77. The number of carbonyl (C=O) groups excluding carboxylic acids is 1. The van der Waals surface area contributed by atoms with Crippen molar-refractivity contribution in [3.8, 4) is 0 Å². The number of aliphatic imine (C=N–C) groups is 1. The third-order valence-electron chi connectivity index (χ3n) is 4.72. The first-order chi connectivity index (χ1) is 13.0. The minimum atomic E-state index is 0.0108. The average Bonchev–Trinajstić information content (AvgIpc) is 3.28. The summed E-state index contributed by atoms with van der Waals surface area (Å²) in [6, 6.07) is 4.77. The Morgan fingerprint density at radius 1 is 1.41 bits per heavy atom. The highest BCUT2D eigenvalue weighted by Crippen LogP contribution is 2.17. The molecule has 0 bridgehead atoms. The molecular formula is C20H35N5OS. The molecular weight excluding hydrogens is 358 g/mol. The molecule has 1 aromatic rings. The van der Waals surface area contributed by atoms with Gasteiger partial charge in [-0.2, -0.15) is 0 Å². The summed E-state index contributed by atoms with van der Waals surface area (Å²) in [4.78, 5) is 21.9. The van der Waals surface area contributed by atoms with Gasteiger partial charge in [0.15, 0.2) is 5.96 Å². The van der Waals surface area contributed by atoms with Gasteiger partial charge in [-0.1, -0.05) is 19.9 Å². The summed E-state index contributed by atoms with van der Waals surface area (Å²) in [5, 5.41) is 8.96. The van der Waals surface area contributed by atoms with Gasteiger partial charge in [0.2, 0.25) is 5.91 Å². The van der Waals surface area contributed by atoms with Crippen molar-refractivity contribution in [2.45, 2.75) is 39.2 Å². The summed E-state index contributed by atoms with van der Waals surface area (Å²) in [5.41, 5.74) is 0. The molecule has 1 fully saturated rings. The van der Waals surface area contributed by atoms with E-state index in [1.165, 1.54) is 24.3 Å². The van der Waals surface area contributed by atoms with Crippen molar-refractivity contribution in [1.82, 2.24) is 20.4 Å². The molecule has 0 saturated carbocycles. The van der Waals surface area contributed by atoms with Crippen LogP contribution in [0.2, 0.25) is 0 Å². The quantitative estimate of drug-likeness (QED) is 0.498. The van der Waals surface area contributed by atoms with E-state index >= 15 is 0 Å². The monoisotopic (exact) mass is 393 g/mol. The van der Waals surface area contributed by atoms with Crippen molar-refractivity contribution < 1.29 is 4.79 Å². The zero-order chi connectivity index (χ0) is 19.6. The predicted octanol–water partition coefficient (Wildman–Crippen LogP) is 2.03. The molecule has 1 aromatic heterocycles. The van der Waals surface area contributed by atoms with E-state index in [2.05, 4.69) is 51.9 Å². The average molecular weight is 394 g/mol. The second-order valence-corrected chi connectivity index (χ2v) is 8.81. The molecule has 6 nitrogen and oxygen atoms in total. The van der Waals surface area contributed by atoms with Crippen molar-refractivity contribution in [2.24, 2.45) is 10.9 Å². The smallest absolute Gasteiger partial charge is 0.243 e. The number of nitrogens with zero attached hydrogens (tertiary/aromatic N) is 3. The number of nitrogens with one attached hydrogen (secondary N) is 2. The maximum absolute atomic E-state index is 11.9. The maximum Gasteiger partial charge on any atom is 0.243 e. The fourth-order valence-corrected chi connectivity index (χ4v) is 3.98. The predicted molar refractivity (Wildman–Crippen MR) is 114 cm³/mol. The van der Waals surface area contributed by atoms with Gasteiger partial charge in [0.1, 0.15) is 6.54 Å². The molecule has 0 spiro atoms. The van der Waals surface area contributed by atoms with Gasteiger partial charge in [-0.3, -0.25) is 9.69 Å². The van der Waals surface area contributed by atoms with Crippen LogP contribution in [0.4, 0.5) is 0 Å². The number of hydrogen-bond donors (Lipinski definition) is 2. The summed E-state index contributed by atoms with van der Waals surface area (Å²) < 4.78 is 0. The lowest BCUT2D eigenvalue weighted by Gasteiger charge is -2.27. The standard InChI is InChI=1S/C20H35N5OS/c1-16(2)15-25-11-5-7-17(25)13-22-20(23-14-19(26)24(3)4)21-10-9-18-8-6-12-27-18/h6,8,12,16-17H,5,7,9-11,13-15H2,1-4H3,(H2,21,22,23)/t17-/m1/s1. The number of amides is 1. The van der Waals surface area contributed by atoms with Crippen LogP contribution in [0.5, 0.6) is 0 Å². The van der Waals surface area contributed by atoms with Crippen LogP contribution in [0.3, 0.4) is 0 Å². The van der Waals surface area contributed by atoms with E-state index in [0.717, 1.165) is 32.0 Å². The number of thiophene rings is 1. The van der Waals surface area contributed by atoms with Gasteiger partial charge in [0.25, 0.3) is 0 Å². The van der Waals surface area contributed by atoms with E-state index in [1.54, 1.807) is 30.3 Å². The second-order valence-electron chi connectivity index (χ2n) is 7.77. The van der Waals surface area contributed by atoms with Crippen LogP contribution in [0.25, 0.3) is 0 Å². The zero-order valence-electron chi connectivity index (χ0n) is 17.2. The van der Waals surface area contributed by atoms with Crippen LogP contribution in [-0.2, 0) is 11.2 Å². The number of likely N-dealkylation sites (tertiary alicyclic amines) is 1. The molecule has 0 radical (unpaired) electrons. The third kappa shape index (κ3) is 7.89. The summed E-state index contributed by atoms with van der Waals surface area (Å²) in [7, 11) is 3.52. The third-order valence-corrected chi connectivity index (χ3v) is 5.66. The Labute approximate surface area is 168 Å². The summed E-state index contributed by atoms with van der Waals surface area (Å²) in [6.45, 7) is 8.72. The van der Waals surface area contributed by atoms with E-state index in [4.69, 9.17) is 0 Å². The number of likely N-dealkylation sites (N-methyl/N-ethyl adjacent to an activating group) is 1. The molecule has 2 rings (SSSR count). The molecule has 1 atom stereocenters. The molecule has 152 valence electrons. The number of carbonyl (C=O) groups is 1. The molecule has 0 aromatic carbocycles. The topological polar surface area (TPSA) is 60.0 Å². The Morgan fingerprint density at radius 3 is 2.89 bits per heavy atom. The molecule has 1 amide bonds.